The molecule has 0 aliphatic rings. The van der Waals surface area contributed by atoms with E-state index in [4.69, 9.17) is 5.73 Å². The molecule has 0 aromatic carbocycles. The van der Waals surface area contributed by atoms with Crippen molar-refractivity contribution in [1.29, 1.82) is 0 Å². The van der Waals surface area contributed by atoms with Crippen molar-refractivity contribution < 1.29 is 4.79 Å². The number of nitrogens with two attached hydrogens (primary N) is 1. The van der Waals surface area contributed by atoms with Crippen LogP contribution in [0, 0.1) is 6.92 Å². The Morgan fingerprint density at radius 1 is 1.44 bits per heavy atom. The van der Waals surface area contributed by atoms with Crippen molar-refractivity contribution in [3.63, 3.8) is 0 Å². The van der Waals surface area contributed by atoms with E-state index in [9.17, 15) is 4.79 Å². The number of hydrogen-bond donors (Lipinski definition) is 1. The number of aromatic nitrogens is 2. The molecule has 1 amide bonds. The maximum Gasteiger partial charge on any atom is 0.276 e. The first-order valence-corrected chi connectivity index (χ1v) is 6.32. The van der Waals surface area contributed by atoms with Crippen LogP contribution >= 0.6 is 11.3 Å². The van der Waals surface area contributed by atoms with Crippen LogP contribution in [-0.4, -0.2) is 27.8 Å². The van der Waals surface area contributed by atoms with E-state index in [1.54, 1.807) is 23.3 Å². The van der Waals surface area contributed by atoms with Gasteiger partial charge in [-0.3, -0.25) is 4.79 Å². The highest BCUT2D eigenvalue weighted by molar-refractivity contribution is 7.10. The summed E-state index contributed by atoms with van der Waals surface area (Å²) in [7, 11) is 1.73. The summed E-state index contributed by atoms with van der Waals surface area (Å²) in [5.41, 5.74) is 7.03. The van der Waals surface area contributed by atoms with E-state index in [0.29, 0.717) is 6.54 Å². The molecular formula is C12H14N4OS. The molecule has 94 valence electrons. The summed E-state index contributed by atoms with van der Waals surface area (Å²) in [6, 6.07) is 2.04. The molecule has 0 atom stereocenters. The zero-order valence-electron chi connectivity index (χ0n) is 10.3. The predicted octanol–water partition coefficient (Wildman–Crippen LogP) is 1.70. The van der Waals surface area contributed by atoms with Gasteiger partial charge in [0, 0.05) is 24.3 Å². The molecule has 0 unspecified atom stereocenters. The lowest BCUT2D eigenvalue weighted by molar-refractivity contribution is 0.0781. The molecule has 0 saturated carbocycles. The minimum absolute atomic E-state index is 0.164. The Morgan fingerprint density at radius 2 is 2.17 bits per heavy atom. The van der Waals surface area contributed by atoms with Gasteiger partial charge in [-0.05, 0) is 23.9 Å². The van der Waals surface area contributed by atoms with E-state index >= 15 is 0 Å². The van der Waals surface area contributed by atoms with E-state index in [1.807, 2.05) is 18.4 Å². The number of nitrogen functional groups attached to an aromatic ring is 1. The van der Waals surface area contributed by atoms with Crippen LogP contribution in [0.5, 0.6) is 0 Å². The fraction of sp³-hybridized carbons (Fsp3) is 0.250. The minimum atomic E-state index is -0.214. The highest BCUT2D eigenvalue weighted by Gasteiger charge is 2.17. The number of carbonyl (C=O) groups excluding carboxylic acids is 1. The Morgan fingerprint density at radius 3 is 2.78 bits per heavy atom. The van der Waals surface area contributed by atoms with Crippen LogP contribution in [-0.2, 0) is 6.54 Å². The molecule has 2 aromatic rings. The summed E-state index contributed by atoms with van der Waals surface area (Å²) >= 11 is 1.63. The van der Waals surface area contributed by atoms with Gasteiger partial charge in [-0.15, -0.1) is 11.3 Å². The van der Waals surface area contributed by atoms with Crippen molar-refractivity contribution in [2.75, 3.05) is 12.8 Å². The molecule has 18 heavy (non-hydrogen) atoms. The lowest BCUT2D eigenvalue weighted by atomic mass is 10.2. The summed E-state index contributed by atoms with van der Waals surface area (Å²) in [5.74, 6) is -0.0503. The number of amides is 1. The molecule has 6 heteroatoms. The fourth-order valence-corrected chi connectivity index (χ4v) is 2.51. The van der Waals surface area contributed by atoms with E-state index in [-0.39, 0.29) is 17.4 Å². The molecule has 0 fully saturated rings. The van der Waals surface area contributed by atoms with Crippen LogP contribution in [0.1, 0.15) is 20.9 Å². The summed E-state index contributed by atoms with van der Waals surface area (Å²) < 4.78 is 0. The van der Waals surface area contributed by atoms with E-state index in [0.717, 1.165) is 4.88 Å². The van der Waals surface area contributed by atoms with E-state index in [2.05, 4.69) is 9.97 Å². The van der Waals surface area contributed by atoms with Gasteiger partial charge in [-0.2, -0.15) is 0 Å². The van der Waals surface area contributed by atoms with E-state index < -0.39 is 0 Å². The average molecular weight is 262 g/mol. The van der Waals surface area contributed by atoms with Crippen LogP contribution in [0.25, 0.3) is 0 Å². The Kier molecular flexibility index (Phi) is 3.57. The van der Waals surface area contributed by atoms with Gasteiger partial charge in [0.2, 0.25) is 0 Å². The number of hydrogen-bond acceptors (Lipinski definition) is 5. The Balaban J connectivity index is 2.15. The Hall–Kier alpha value is -1.95. The Bertz CT molecular complexity index is 567. The third-order valence-electron chi connectivity index (χ3n) is 2.62. The molecule has 0 aliphatic carbocycles. The molecule has 0 radical (unpaired) electrons. The van der Waals surface area contributed by atoms with Gasteiger partial charge in [-0.1, -0.05) is 0 Å². The zero-order valence-corrected chi connectivity index (χ0v) is 11.1. The van der Waals surface area contributed by atoms with Crippen molar-refractivity contribution >= 4 is 23.1 Å². The van der Waals surface area contributed by atoms with Gasteiger partial charge < -0.3 is 10.6 Å². The number of rotatable bonds is 3. The molecule has 5 nitrogen and oxygen atoms in total. The lowest BCUT2D eigenvalue weighted by Crippen LogP contribution is -2.28. The van der Waals surface area contributed by atoms with Crippen molar-refractivity contribution in [2.24, 2.45) is 0 Å². The summed E-state index contributed by atoms with van der Waals surface area (Å²) in [6.07, 6.45) is 2.93. The topological polar surface area (TPSA) is 72.1 Å². The van der Waals surface area contributed by atoms with Crippen LogP contribution in [0.3, 0.4) is 0 Å². The first-order valence-electron chi connectivity index (χ1n) is 5.44. The molecule has 2 rings (SSSR count). The third kappa shape index (κ3) is 2.48. The second-order valence-electron chi connectivity index (χ2n) is 3.98. The largest absolute Gasteiger partial charge is 0.382 e. The van der Waals surface area contributed by atoms with Crippen LogP contribution in [0.2, 0.25) is 0 Å². The maximum absolute atomic E-state index is 12.2. The predicted molar refractivity (Wildman–Crippen MR) is 71.3 cm³/mol. The number of aryl methyl sites for hydroxylation is 1. The highest BCUT2D eigenvalue weighted by Crippen LogP contribution is 2.18. The molecule has 0 spiro atoms. The maximum atomic E-state index is 12.2. The van der Waals surface area contributed by atoms with Gasteiger partial charge in [0.15, 0.2) is 11.5 Å². The summed E-state index contributed by atoms with van der Waals surface area (Å²) in [6.45, 7) is 2.58. The van der Waals surface area contributed by atoms with E-state index in [1.165, 1.54) is 18.0 Å². The number of anilines is 1. The highest BCUT2D eigenvalue weighted by atomic mass is 32.1. The monoisotopic (exact) mass is 262 g/mol. The molecular weight excluding hydrogens is 248 g/mol. The van der Waals surface area contributed by atoms with Crippen molar-refractivity contribution in [3.8, 4) is 0 Å². The van der Waals surface area contributed by atoms with Gasteiger partial charge in [-0.25, -0.2) is 9.97 Å². The molecule has 2 aromatic heterocycles. The molecule has 0 saturated heterocycles. The van der Waals surface area contributed by atoms with Gasteiger partial charge in [0.1, 0.15) is 0 Å². The second kappa shape index (κ2) is 5.14. The quantitative estimate of drug-likeness (QED) is 0.913. The zero-order chi connectivity index (χ0) is 13.1. The molecule has 2 N–H and O–H groups in total. The minimum Gasteiger partial charge on any atom is -0.382 e. The van der Waals surface area contributed by atoms with Crippen LogP contribution < -0.4 is 5.73 Å². The van der Waals surface area contributed by atoms with Crippen LogP contribution in [0.4, 0.5) is 5.82 Å². The van der Waals surface area contributed by atoms with Gasteiger partial charge in [0.05, 0.1) is 6.54 Å². The molecule has 2 heterocycles. The molecule has 0 aliphatic heterocycles. The SMILES string of the molecule is Cc1ccsc1CN(C)C(=O)c1nccnc1N. The fourth-order valence-electron chi connectivity index (χ4n) is 1.55. The smallest absolute Gasteiger partial charge is 0.276 e. The average Bonchev–Trinajstić information content (AvgIpc) is 2.75. The number of carbonyl (C=O) groups is 1. The van der Waals surface area contributed by atoms with Gasteiger partial charge in [0.25, 0.3) is 5.91 Å². The second-order valence-corrected chi connectivity index (χ2v) is 4.98. The first-order chi connectivity index (χ1) is 8.59. The van der Waals surface area contributed by atoms with Gasteiger partial charge >= 0.3 is 0 Å². The normalized spacial score (nSPS) is 10.3. The summed E-state index contributed by atoms with van der Waals surface area (Å²) in [5, 5.41) is 2.01. The molecule has 0 bridgehead atoms. The van der Waals surface area contributed by atoms with Crippen molar-refractivity contribution in [3.05, 3.63) is 40.0 Å². The lowest BCUT2D eigenvalue weighted by Gasteiger charge is -2.16. The standard InChI is InChI=1S/C12H14N4OS/c1-8-3-6-18-9(8)7-16(2)12(17)10-11(13)15-5-4-14-10/h3-6H,7H2,1-2H3,(H2,13,15). The first kappa shape index (κ1) is 12.5. The van der Waals surface area contributed by atoms with Crippen molar-refractivity contribution in [2.45, 2.75) is 13.5 Å². The summed E-state index contributed by atoms with van der Waals surface area (Å²) in [4.78, 5) is 22.8. The number of thiophene rings is 1. The van der Waals surface area contributed by atoms with Crippen LogP contribution in [0.15, 0.2) is 23.8 Å². The van der Waals surface area contributed by atoms with Crippen molar-refractivity contribution in [1.82, 2.24) is 14.9 Å². The Labute approximate surface area is 109 Å². The number of nitrogens with zero attached hydrogens (tertiary/aromatic N) is 3. The third-order valence-corrected chi connectivity index (χ3v) is 3.63.